The van der Waals surface area contributed by atoms with Crippen molar-refractivity contribution in [3.8, 4) is 6.07 Å². The maximum Gasteiger partial charge on any atom is 0.408 e. The number of carbonyl (C=O) groups excluding carboxylic acids is 2. The first kappa shape index (κ1) is 20.9. The summed E-state index contributed by atoms with van der Waals surface area (Å²) >= 11 is 0. The summed E-state index contributed by atoms with van der Waals surface area (Å²) < 4.78 is 5.36. The fraction of sp³-hybridized carbons (Fsp3) is 0.850. The van der Waals surface area contributed by atoms with Crippen molar-refractivity contribution in [2.45, 2.75) is 82.1 Å². The van der Waals surface area contributed by atoms with Crippen LogP contribution < -0.4 is 5.32 Å². The molecule has 0 spiro atoms. The number of carbonyl (C=O) groups is 2. The summed E-state index contributed by atoms with van der Waals surface area (Å²) in [6, 6.07) is 0.976. The van der Waals surface area contributed by atoms with Gasteiger partial charge >= 0.3 is 6.09 Å². The number of nitriles is 1. The zero-order valence-electron chi connectivity index (χ0n) is 17.1. The highest BCUT2D eigenvalue weighted by molar-refractivity contribution is 5.87. The Balaban J connectivity index is 1.93. The van der Waals surface area contributed by atoms with Gasteiger partial charge in [-0.1, -0.05) is 0 Å². The molecule has 0 aliphatic heterocycles. The minimum atomic E-state index is -1.03. The topological polar surface area (TPSA) is 123 Å². The largest absolute Gasteiger partial charge is 0.444 e. The molecule has 4 saturated carbocycles. The third kappa shape index (κ3) is 3.96. The lowest BCUT2D eigenvalue weighted by molar-refractivity contribution is -0.236. The average molecular weight is 393 g/mol. The molecule has 28 heavy (non-hydrogen) atoms. The Kier molecular flexibility index (Phi) is 4.92. The van der Waals surface area contributed by atoms with E-state index in [1.807, 2.05) is 6.07 Å². The summed E-state index contributed by atoms with van der Waals surface area (Å²) in [5.41, 5.74) is -3.55. The quantitative estimate of drug-likeness (QED) is 0.619. The van der Waals surface area contributed by atoms with Crippen LogP contribution in [0.2, 0.25) is 0 Å². The van der Waals surface area contributed by atoms with Gasteiger partial charge in [-0.3, -0.25) is 4.79 Å². The van der Waals surface area contributed by atoms with Gasteiger partial charge < -0.3 is 25.2 Å². The van der Waals surface area contributed by atoms with Gasteiger partial charge in [-0.25, -0.2) is 4.79 Å². The molecule has 3 atom stereocenters. The molecule has 0 heterocycles. The number of aliphatic hydroxyl groups is 2. The predicted octanol–water partition coefficient (Wildman–Crippen LogP) is 1.31. The van der Waals surface area contributed by atoms with Gasteiger partial charge in [0.05, 0.1) is 17.3 Å². The zero-order chi connectivity index (χ0) is 21.0. The molecule has 4 rings (SSSR count). The SMILES string of the molecule is CN(CC#N)C(=O)C(NC(=O)OC(C)(C)C)C12CC3CC(O)(CC(O)(C3)C1)C2. The minimum Gasteiger partial charge on any atom is -0.444 e. The van der Waals surface area contributed by atoms with E-state index in [0.717, 1.165) is 0 Å². The lowest BCUT2D eigenvalue weighted by atomic mass is 9.44. The molecule has 2 amide bonds. The second kappa shape index (κ2) is 6.60. The van der Waals surface area contributed by atoms with Crippen LogP contribution in [-0.2, 0) is 9.53 Å². The van der Waals surface area contributed by atoms with Gasteiger partial charge in [-0.2, -0.15) is 5.26 Å². The van der Waals surface area contributed by atoms with Crippen molar-refractivity contribution in [3.05, 3.63) is 0 Å². The van der Waals surface area contributed by atoms with Gasteiger partial charge in [0.1, 0.15) is 18.2 Å². The van der Waals surface area contributed by atoms with Crippen molar-refractivity contribution < 1.29 is 24.5 Å². The number of rotatable bonds is 4. The van der Waals surface area contributed by atoms with Crippen LogP contribution >= 0.6 is 0 Å². The third-order valence-corrected chi connectivity index (χ3v) is 6.26. The maximum atomic E-state index is 13.2. The van der Waals surface area contributed by atoms with Crippen molar-refractivity contribution in [3.63, 3.8) is 0 Å². The molecule has 3 N–H and O–H groups in total. The molecular formula is C20H31N3O5. The Hall–Kier alpha value is -1.85. The number of hydrogen-bond donors (Lipinski definition) is 3. The highest BCUT2D eigenvalue weighted by Gasteiger charge is 2.66. The van der Waals surface area contributed by atoms with E-state index < -0.39 is 40.3 Å². The fourth-order valence-corrected chi connectivity index (χ4v) is 6.04. The zero-order valence-corrected chi connectivity index (χ0v) is 17.1. The first-order valence-electron chi connectivity index (χ1n) is 9.85. The van der Waals surface area contributed by atoms with Gasteiger partial charge in [-0.15, -0.1) is 0 Å². The number of hydrogen-bond acceptors (Lipinski definition) is 6. The van der Waals surface area contributed by atoms with E-state index in [-0.39, 0.29) is 12.5 Å². The summed E-state index contributed by atoms with van der Waals surface area (Å²) in [7, 11) is 1.51. The van der Waals surface area contributed by atoms with Crippen LogP contribution in [0.25, 0.3) is 0 Å². The minimum absolute atomic E-state index is 0.100. The average Bonchev–Trinajstić information content (AvgIpc) is 2.46. The second-order valence-corrected chi connectivity index (χ2v) is 10.3. The molecule has 3 unspecified atom stereocenters. The van der Waals surface area contributed by atoms with Crippen LogP contribution in [0.15, 0.2) is 0 Å². The predicted molar refractivity (Wildman–Crippen MR) is 99.9 cm³/mol. The molecule has 8 nitrogen and oxygen atoms in total. The number of alkyl carbamates (subject to hydrolysis) is 1. The van der Waals surface area contributed by atoms with Crippen LogP contribution in [0.5, 0.6) is 0 Å². The summed E-state index contributed by atoms with van der Waals surface area (Å²) in [4.78, 5) is 27.0. The van der Waals surface area contributed by atoms with E-state index in [0.29, 0.717) is 38.5 Å². The van der Waals surface area contributed by atoms with E-state index in [1.165, 1.54) is 11.9 Å². The molecule has 0 radical (unpaired) electrons. The first-order chi connectivity index (χ1) is 12.8. The van der Waals surface area contributed by atoms with Crippen molar-refractivity contribution in [1.82, 2.24) is 10.2 Å². The van der Waals surface area contributed by atoms with E-state index >= 15 is 0 Å². The highest BCUT2D eigenvalue weighted by atomic mass is 16.6. The smallest absolute Gasteiger partial charge is 0.408 e. The molecule has 4 aliphatic carbocycles. The summed E-state index contributed by atoms with van der Waals surface area (Å²) in [5.74, 6) is -0.301. The monoisotopic (exact) mass is 393 g/mol. The molecule has 4 bridgehead atoms. The molecule has 156 valence electrons. The maximum absolute atomic E-state index is 13.2. The summed E-state index contributed by atoms with van der Waals surface area (Å²) in [6.07, 6.45) is 2.13. The van der Waals surface area contributed by atoms with Crippen LogP contribution in [0.3, 0.4) is 0 Å². The molecule has 0 saturated heterocycles. The Morgan fingerprint density at radius 3 is 2.25 bits per heavy atom. The van der Waals surface area contributed by atoms with Gasteiger partial charge in [0, 0.05) is 18.9 Å². The standard InChI is InChI=1S/C20H31N3O5/c1-17(2,3)28-16(25)22-14(15(24)23(4)6-5-21)18-7-13-8-19(26,10-18)12-20(27,9-13)11-18/h13-14,26-27H,6-12H2,1-4H3,(H,22,25). The Labute approximate surface area is 165 Å². The van der Waals surface area contributed by atoms with E-state index in [1.54, 1.807) is 20.8 Å². The van der Waals surface area contributed by atoms with Gasteiger partial charge in [0.15, 0.2) is 0 Å². The van der Waals surface area contributed by atoms with Gasteiger partial charge in [0.2, 0.25) is 5.91 Å². The second-order valence-electron chi connectivity index (χ2n) is 10.3. The molecule has 0 aromatic rings. The van der Waals surface area contributed by atoms with Crippen LogP contribution in [0.1, 0.15) is 59.3 Å². The molecular weight excluding hydrogens is 362 g/mol. The molecule has 4 fully saturated rings. The molecule has 4 aliphatic rings. The number of nitrogens with zero attached hydrogens (tertiary/aromatic N) is 2. The number of amides is 2. The summed E-state index contributed by atoms with van der Waals surface area (Å²) in [5, 5.41) is 33.8. The fourth-order valence-electron chi connectivity index (χ4n) is 6.04. The lowest BCUT2D eigenvalue weighted by Crippen LogP contribution is -2.70. The Bertz CT molecular complexity index is 692. The third-order valence-electron chi connectivity index (χ3n) is 6.26. The lowest BCUT2D eigenvalue weighted by Gasteiger charge is -2.64. The van der Waals surface area contributed by atoms with Gasteiger partial charge in [0.25, 0.3) is 0 Å². The van der Waals surface area contributed by atoms with Crippen molar-refractivity contribution in [2.24, 2.45) is 11.3 Å². The number of likely N-dealkylation sites (N-methyl/N-ethyl adjacent to an activating group) is 1. The molecule has 0 aromatic carbocycles. The van der Waals surface area contributed by atoms with E-state index in [9.17, 15) is 19.8 Å². The first-order valence-corrected chi connectivity index (χ1v) is 9.85. The summed E-state index contributed by atoms with van der Waals surface area (Å²) in [6.45, 7) is 5.10. The molecule has 0 aromatic heterocycles. The van der Waals surface area contributed by atoms with Crippen LogP contribution in [0, 0.1) is 22.7 Å². The van der Waals surface area contributed by atoms with Crippen molar-refractivity contribution >= 4 is 12.0 Å². The van der Waals surface area contributed by atoms with Crippen LogP contribution in [0.4, 0.5) is 4.79 Å². The highest BCUT2D eigenvalue weighted by Crippen LogP contribution is 2.64. The van der Waals surface area contributed by atoms with E-state index in [2.05, 4.69) is 5.32 Å². The molecule has 8 heteroatoms. The van der Waals surface area contributed by atoms with E-state index in [4.69, 9.17) is 10.00 Å². The Morgan fingerprint density at radius 1 is 1.21 bits per heavy atom. The van der Waals surface area contributed by atoms with Crippen molar-refractivity contribution in [2.75, 3.05) is 13.6 Å². The van der Waals surface area contributed by atoms with Crippen molar-refractivity contribution in [1.29, 1.82) is 5.26 Å². The number of nitrogens with one attached hydrogen (secondary N) is 1. The Morgan fingerprint density at radius 2 is 1.79 bits per heavy atom. The normalized spacial score (nSPS) is 37.1. The number of ether oxygens (including phenoxy) is 1. The van der Waals surface area contributed by atoms with Crippen LogP contribution in [-0.4, -0.2) is 63.6 Å². The van der Waals surface area contributed by atoms with Gasteiger partial charge in [-0.05, 0) is 58.8 Å².